The Morgan fingerprint density at radius 2 is 2.00 bits per heavy atom. The smallest absolute Gasteiger partial charge is 0.0813 e. The van der Waals surface area contributed by atoms with E-state index in [0.29, 0.717) is 13.0 Å². The van der Waals surface area contributed by atoms with Gasteiger partial charge in [0.1, 0.15) is 0 Å². The number of benzene rings is 1. The lowest BCUT2D eigenvalue weighted by Gasteiger charge is -2.08. The molecule has 66 valence electrons. The third-order valence-corrected chi connectivity index (χ3v) is 1.67. The van der Waals surface area contributed by atoms with Crippen molar-refractivity contribution in [2.24, 2.45) is 0 Å². The second-order valence-corrected chi connectivity index (χ2v) is 2.80. The van der Waals surface area contributed by atoms with E-state index < -0.39 is 6.10 Å². The summed E-state index contributed by atoms with van der Waals surface area (Å²) in [5.74, 6) is 0. The number of aliphatic hydroxyl groups excluding tert-OH is 1. The van der Waals surface area contributed by atoms with Crippen LogP contribution >= 0.6 is 0 Å². The molecule has 0 aliphatic rings. The lowest BCUT2D eigenvalue weighted by molar-refractivity contribution is 0.0650. The lowest BCUT2D eigenvalue weighted by atomic mass is 10.1. The van der Waals surface area contributed by atoms with Gasteiger partial charge >= 0.3 is 0 Å². The molecule has 1 rings (SSSR count). The second-order valence-electron chi connectivity index (χ2n) is 2.80. The molecule has 1 aromatic carbocycles. The number of rotatable bonds is 4. The van der Waals surface area contributed by atoms with Crippen LogP contribution in [0.25, 0.3) is 0 Å². The second kappa shape index (κ2) is 4.91. The van der Waals surface area contributed by atoms with E-state index in [1.807, 2.05) is 30.3 Å². The van der Waals surface area contributed by atoms with Gasteiger partial charge in [-0.2, -0.15) is 0 Å². The van der Waals surface area contributed by atoms with E-state index in [1.165, 1.54) is 0 Å². The molecule has 12 heavy (non-hydrogen) atoms. The van der Waals surface area contributed by atoms with Crippen molar-refractivity contribution in [2.45, 2.75) is 12.5 Å². The Kier molecular flexibility index (Phi) is 3.77. The molecule has 0 bridgehead atoms. The molecule has 0 fully saturated rings. The third kappa shape index (κ3) is 3.03. The number of ether oxygens (including phenoxy) is 1. The van der Waals surface area contributed by atoms with Crippen molar-refractivity contribution in [1.29, 1.82) is 0 Å². The number of hydrogen-bond donors (Lipinski definition) is 1. The third-order valence-electron chi connectivity index (χ3n) is 1.67. The molecule has 1 atom stereocenters. The van der Waals surface area contributed by atoms with Gasteiger partial charge in [0.05, 0.1) is 12.7 Å². The maximum atomic E-state index is 9.38. The van der Waals surface area contributed by atoms with Crippen LogP contribution in [0.3, 0.4) is 0 Å². The van der Waals surface area contributed by atoms with Crippen LogP contribution in [-0.2, 0) is 11.2 Å². The molecule has 0 unspecified atom stereocenters. The van der Waals surface area contributed by atoms with E-state index in [1.54, 1.807) is 7.11 Å². The zero-order valence-corrected chi connectivity index (χ0v) is 7.23. The fourth-order valence-electron chi connectivity index (χ4n) is 1.14. The topological polar surface area (TPSA) is 29.5 Å². The number of aliphatic hydroxyl groups is 1. The molecule has 0 saturated heterocycles. The van der Waals surface area contributed by atoms with E-state index in [2.05, 4.69) is 0 Å². The standard InChI is InChI=1S/C10H14O2/c1-12-8-10(11)7-9-5-3-2-4-6-9/h2-6,10-11H,7-8H2,1H3/t10-/m0/s1. The van der Waals surface area contributed by atoms with Crippen molar-refractivity contribution >= 4 is 0 Å². The van der Waals surface area contributed by atoms with E-state index in [0.717, 1.165) is 5.56 Å². The molecular weight excluding hydrogens is 152 g/mol. The summed E-state index contributed by atoms with van der Waals surface area (Å²) >= 11 is 0. The summed E-state index contributed by atoms with van der Waals surface area (Å²) < 4.78 is 4.83. The minimum atomic E-state index is -0.391. The van der Waals surface area contributed by atoms with E-state index in [4.69, 9.17) is 4.74 Å². The average molecular weight is 166 g/mol. The fraction of sp³-hybridized carbons (Fsp3) is 0.400. The van der Waals surface area contributed by atoms with Gasteiger partial charge < -0.3 is 9.84 Å². The molecule has 0 saturated carbocycles. The molecule has 1 aromatic rings. The first-order valence-corrected chi connectivity index (χ1v) is 4.04. The van der Waals surface area contributed by atoms with Gasteiger partial charge in [-0.25, -0.2) is 0 Å². The first-order chi connectivity index (χ1) is 5.83. The molecular formula is C10H14O2. The summed E-state index contributed by atoms with van der Waals surface area (Å²) in [7, 11) is 1.59. The first-order valence-electron chi connectivity index (χ1n) is 4.04. The van der Waals surface area contributed by atoms with E-state index >= 15 is 0 Å². The van der Waals surface area contributed by atoms with Gasteiger partial charge in [-0.1, -0.05) is 30.3 Å². The van der Waals surface area contributed by atoms with Crippen LogP contribution in [0.4, 0.5) is 0 Å². The highest BCUT2D eigenvalue weighted by molar-refractivity contribution is 5.15. The Labute approximate surface area is 72.8 Å². The van der Waals surface area contributed by atoms with Gasteiger partial charge in [0.15, 0.2) is 0 Å². The van der Waals surface area contributed by atoms with Crippen LogP contribution in [-0.4, -0.2) is 24.9 Å². The Bertz CT molecular complexity index is 208. The minimum Gasteiger partial charge on any atom is -0.390 e. The molecule has 0 aromatic heterocycles. The Balaban J connectivity index is 2.41. The van der Waals surface area contributed by atoms with Crippen molar-refractivity contribution in [1.82, 2.24) is 0 Å². The van der Waals surface area contributed by atoms with Crippen molar-refractivity contribution in [2.75, 3.05) is 13.7 Å². The summed E-state index contributed by atoms with van der Waals surface area (Å²) in [6.45, 7) is 0.398. The zero-order chi connectivity index (χ0) is 8.81. The first kappa shape index (κ1) is 9.23. The maximum absolute atomic E-state index is 9.38. The molecule has 2 heteroatoms. The van der Waals surface area contributed by atoms with E-state index in [-0.39, 0.29) is 0 Å². The predicted octanol–water partition coefficient (Wildman–Crippen LogP) is 1.24. The molecule has 1 N–H and O–H groups in total. The van der Waals surface area contributed by atoms with Crippen LogP contribution in [0.5, 0.6) is 0 Å². The summed E-state index contributed by atoms with van der Waals surface area (Å²) in [4.78, 5) is 0. The molecule has 0 heterocycles. The van der Waals surface area contributed by atoms with Gasteiger partial charge in [0.2, 0.25) is 0 Å². The Morgan fingerprint density at radius 3 is 2.58 bits per heavy atom. The molecule has 0 aliphatic heterocycles. The predicted molar refractivity (Wildman–Crippen MR) is 48.0 cm³/mol. The van der Waals surface area contributed by atoms with E-state index in [9.17, 15) is 5.11 Å². The zero-order valence-electron chi connectivity index (χ0n) is 7.23. The molecule has 2 nitrogen and oxygen atoms in total. The van der Waals surface area contributed by atoms with Gasteiger partial charge in [-0.05, 0) is 5.56 Å². The SMILES string of the molecule is COC[C@@H](O)Cc1ccccc1. The quantitative estimate of drug-likeness (QED) is 0.729. The van der Waals surface area contributed by atoms with Gasteiger partial charge in [-0.15, -0.1) is 0 Å². The van der Waals surface area contributed by atoms with Crippen LogP contribution in [0.1, 0.15) is 5.56 Å². The molecule has 0 amide bonds. The summed E-state index contributed by atoms with van der Waals surface area (Å²) in [6, 6.07) is 9.90. The summed E-state index contributed by atoms with van der Waals surface area (Å²) in [5.41, 5.74) is 1.14. The van der Waals surface area contributed by atoms with Crippen molar-refractivity contribution in [3.63, 3.8) is 0 Å². The maximum Gasteiger partial charge on any atom is 0.0813 e. The Morgan fingerprint density at radius 1 is 1.33 bits per heavy atom. The molecule has 0 aliphatic carbocycles. The highest BCUT2D eigenvalue weighted by Gasteiger charge is 2.03. The average Bonchev–Trinajstić information content (AvgIpc) is 2.06. The fourth-order valence-corrected chi connectivity index (χ4v) is 1.14. The monoisotopic (exact) mass is 166 g/mol. The van der Waals surface area contributed by atoms with Gasteiger partial charge in [0.25, 0.3) is 0 Å². The lowest BCUT2D eigenvalue weighted by Crippen LogP contribution is -2.16. The number of methoxy groups -OCH3 is 1. The normalized spacial score (nSPS) is 12.8. The van der Waals surface area contributed by atoms with Gasteiger partial charge in [0, 0.05) is 13.5 Å². The van der Waals surface area contributed by atoms with Crippen LogP contribution < -0.4 is 0 Å². The van der Waals surface area contributed by atoms with Crippen LogP contribution in [0, 0.1) is 0 Å². The van der Waals surface area contributed by atoms with Crippen molar-refractivity contribution in [3.05, 3.63) is 35.9 Å². The van der Waals surface area contributed by atoms with Crippen molar-refractivity contribution < 1.29 is 9.84 Å². The van der Waals surface area contributed by atoms with Gasteiger partial charge in [-0.3, -0.25) is 0 Å². The Hall–Kier alpha value is -0.860. The molecule has 0 spiro atoms. The number of hydrogen-bond acceptors (Lipinski definition) is 2. The highest BCUT2D eigenvalue weighted by atomic mass is 16.5. The summed E-state index contributed by atoms with van der Waals surface area (Å²) in [5, 5.41) is 9.38. The van der Waals surface area contributed by atoms with Crippen LogP contribution in [0.15, 0.2) is 30.3 Å². The molecule has 0 radical (unpaired) electrons. The van der Waals surface area contributed by atoms with Crippen molar-refractivity contribution in [3.8, 4) is 0 Å². The minimum absolute atomic E-state index is 0.391. The largest absolute Gasteiger partial charge is 0.390 e. The summed E-state index contributed by atoms with van der Waals surface area (Å²) in [6.07, 6.45) is 0.270. The highest BCUT2D eigenvalue weighted by Crippen LogP contribution is 2.02. The van der Waals surface area contributed by atoms with Crippen LogP contribution in [0.2, 0.25) is 0 Å².